The SMILES string of the molecule is CC(C)c1ccc(OCc2nccn2Cc2ccccc2)cc1. The van der Waals surface area contributed by atoms with Gasteiger partial charge in [-0.2, -0.15) is 0 Å². The first-order valence-electron chi connectivity index (χ1n) is 7.99. The summed E-state index contributed by atoms with van der Waals surface area (Å²) >= 11 is 0. The molecule has 0 aliphatic rings. The Morgan fingerprint density at radius 1 is 1.00 bits per heavy atom. The molecule has 0 bridgehead atoms. The topological polar surface area (TPSA) is 27.1 Å². The molecule has 0 amide bonds. The lowest BCUT2D eigenvalue weighted by atomic mass is 10.0. The molecule has 3 aromatic rings. The number of benzene rings is 2. The molecule has 23 heavy (non-hydrogen) atoms. The number of ether oxygens (including phenoxy) is 1. The van der Waals surface area contributed by atoms with Crippen LogP contribution in [0.2, 0.25) is 0 Å². The summed E-state index contributed by atoms with van der Waals surface area (Å²) in [6.07, 6.45) is 3.82. The van der Waals surface area contributed by atoms with Crippen molar-refractivity contribution in [1.82, 2.24) is 9.55 Å². The lowest BCUT2D eigenvalue weighted by molar-refractivity contribution is 0.290. The smallest absolute Gasteiger partial charge is 0.147 e. The highest BCUT2D eigenvalue weighted by Gasteiger charge is 2.05. The molecule has 0 saturated heterocycles. The van der Waals surface area contributed by atoms with Crippen LogP contribution < -0.4 is 4.74 Å². The van der Waals surface area contributed by atoms with Crippen LogP contribution in [0.15, 0.2) is 67.0 Å². The molecule has 0 radical (unpaired) electrons. The van der Waals surface area contributed by atoms with Gasteiger partial charge in [0.25, 0.3) is 0 Å². The normalized spacial score (nSPS) is 10.9. The molecule has 0 saturated carbocycles. The summed E-state index contributed by atoms with van der Waals surface area (Å²) in [4.78, 5) is 4.41. The zero-order chi connectivity index (χ0) is 16.1. The van der Waals surface area contributed by atoms with Gasteiger partial charge in [0.15, 0.2) is 0 Å². The highest BCUT2D eigenvalue weighted by molar-refractivity contribution is 5.29. The first-order chi connectivity index (χ1) is 11.2. The Kier molecular flexibility index (Phi) is 4.77. The molecule has 0 unspecified atom stereocenters. The van der Waals surface area contributed by atoms with E-state index in [9.17, 15) is 0 Å². The fourth-order valence-corrected chi connectivity index (χ4v) is 2.50. The molecular formula is C20H22N2O. The molecule has 0 aliphatic carbocycles. The maximum absolute atomic E-state index is 5.88. The number of imidazole rings is 1. The molecule has 0 atom stereocenters. The van der Waals surface area contributed by atoms with Crippen LogP contribution in [0.25, 0.3) is 0 Å². The van der Waals surface area contributed by atoms with E-state index in [2.05, 4.69) is 59.8 Å². The summed E-state index contributed by atoms with van der Waals surface area (Å²) in [7, 11) is 0. The highest BCUT2D eigenvalue weighted by atomic mass is 16.5. The molecule has 0 aliphatic heterocycles. The fraction of sp³-hybridized carbons (Fsp3) is 0.250. The van der Waals surface area contributed by atoms with Gasteiger partial charge in [-0.1, -0.05) is 56.3 Å². The van der Waals surface area contributed by atoms with Gasteiger partial charge in [0, 0.05) is 18.9 Å². The minimum absolute atomic E-state index is 0.473. The monoisotopic (exact) mass is 306 g/mol. The second kappa shape index (κ2) is 7.14. The minimum Gasteiger partial charge on any atom is -0.486 e. The molecule has 3 rings (SSSR count). The van der Waals surface area contributed by atoms with Gasteiger partial charge >= 0.3 is 0 Å². The van der Waals surface area contributed by atoms with Gasteiger partial charge < -0.3 is 9.30 Å². The Morgan fingerprint density at radius 2 is 1.74 bits per heavy atom. The van der Waals surface area contributed by atoms with E-state index in [0.717, 1.165) is 18.1 Å². The Bertz CT molecular complexity index is 730. The van der Waals surface area contributed by atoms with E-state index >= 15 is 0 Å². The van der Waals surface area contributed by atoms with Gasteiger partial charge in [0.2, 0.25) is 0 Å². The zero-order valence-electron chi connectivity index (χ0n) is 13.6. The van der Waals surface area contributed by atoms with E-state index in [1.54, 1.807) is 0 Å². The van der Waals surface area contributed by atoms with Gasteiger partial charge in [-0.3, -0.25) is 0 Å². The Labute approximate surface area is 137 Å². The van der Waals surface area contributed by atoms with E-state index in [0.29, 0.717) is 12.5 Å². The minimum atomic E-state index is 0.473. The predicted octanol–water partition coefficient (Wildman–Crippen LogP) is 4.63. The third kappa shape index (κ3) is 4.01. The molecule has 118 valence electrons. The van der Waals surface area contributed by atoms with Crippen molar-refractivity contribution < 1.29 is 4.74 Å². The lowest BCUT2D eigenvalue weighted by Gasteiger charge is -2.11. The van der Waals surface area contributed by atoms with Crippen LogP contribution in [-0.2, 0) is 13.2 Å². The van der Waals surface area contributed by atoms with Crippen LogP contribution in [0.5, 0.6) is 5.75 Å². The quantitative estimate of drug-likeness (QED) is 0.663. The van der Waals surface area contributed by atoms with Crippen molar-refractivity contribution in [2.24, 2.45) is 0 Å². The van der Waals surface area contributed by atoms with Crippen LogP contribution in [-0.4, -0.2) is 9.55 Å². The van der Waals surface area contributed by atoms with Crippen molar-refractivity contribution in [2.45, 2.75) is 32.9 Å². The van der Waals surface area contributed by atoms with Crippen molar-refractivity contribution in [2.75, 3.05) is 0 Å². The second-order valence-electron chi connectivity index (χ2n) is 5.97. The van der Waals surface area contributed by atoms with Crippen molar-refractivity contribution in [3.05, 3.63) is 83.9 Å². The first-order valence-corrected chi connectivity index (χ1v) is 7.99. The maximum atomic E-state index is 5.88. The number of nitrogens with zero attached hydrogens (tertiary/aromatic N) is 2. The first kappa shape index (κ1) is 15.3. The Balaban J connectivity index is 1.64. The zero-order valence-corrected chi connectivity index (χ0v) is 13.6. The molecule has 0 fully saturated rings. The number of hydrogen-bond donors (Lipinski definition) is 0. The highest BCUT2D eigenvalue weighted by Crippen LogP contribution is 2.19. The molecule has 3 heteroatoms. The molecule has 0 N–H and O–H groups in total. The van der Waals surface area contributed by atoms with Gasteiger partial charge in [0.05, 0.1) is 0 Å². The van der Waals surface area contributed by atoms with Crippen LogP contribution in [0, 0.1) is 0 Å². The number of rotatable bonds is 6. The number of hydrogen-bond acceptors (Lipinski definition) is 2. The van der Waals surface area contributed by atoms with Crippen LogP contribution in [0.4, 0.5) is 0 Å². The van der Waals surface area contributed by atoms with E-state index in [4.69, 9.17) is 4.74 Å². The van der Waals surface area contributed by atoms with Crippen LogP contribution in [0.1, 0.15) is 36.7 Å². The Hall–Kier alpha value is -2.55. The summed E-state index contributed by atoms with van der Waals surface area (Å²) in [6.45, 7) is 5.67. The third-order valence-corrected chi connectivity index (χ3v) is 3.91. The van der Waals surface area contributed by atoms with Crippen molar-refractivity contribution in [3.63, 3.8) is 0 Å². The van der Waals surface area contributed by atoms with Gasteiger partial charge in [-0.15, -0.1) is 0 Å². The van der Waals surface area contributed by atoms with Crippen molar-refractivity contribution in [1.29, 1.82) is 0 Å². The van der Waals surface area contributed by atoms with Crippen LogP contribution >= 0.6 is 0 Å². The van der Waals surface area contributed by atoms with E-state index in [1.165, 1.54) is 11.1 Å². The Morgan fingerprint density at radius 3 is 2.43 bits per heavy atom. The summed E-state index contributed by atoms with van der Waals surface area (Å²) in [5, 5.41) is 0. The van der Waals surface area contributed by atoms with Crippen LogP contribution in [0.3, 0.4) is 0 Å². The summed E-state index contributed by atoms with van der Waals surface area (Å²) in [5.41, 5.74) is 2.58. The number of aromatic nitrogens is 2. The van der Waals surface area contributed by atoms with E-state index in [-0.39, 0.29) is 0 Å². The molecule has 2 aromatic carbocycles. The predicted molar refractivity (Wildman–Crippen MR) is 92.6 cm³/mol. The molecular weight excluding hydrogens is 284 g/mol. The van der Waals surface area contributed by atoms with Crippen molar-refractivity contribution in [3.8, 4) is 5.75 Å². The average Bonchev–Trinajstić information content (AvgIpc) is 3.01. The van der Waals surface area contributed by atoms with E-state index in [1.807, 2.05) is 30.6 Å². The summed E-state index contributed by atoms with van der Waals surface area (Å²) in [5.74, 6) is 2.35. The lowest BCUT2D eigenvalue weighted by Crippen LogP contribution is -2.07. The maximum Gasteiger partial charge on any atom is 0.147 e. The second-order valence-corrected chi connectivity index (χ2v) is 5.97. The van der Waals surface area contributed by atoms with Crippen molar-refractivity contribution >= 4 is 0 Å². The van der Waals surface area contributed by atoms with Gasteiger partial charge in [-0.05, 0) is 29.2 Å². The summed E-state index contributed by atoms with van der Waals surface area (Å²) < 4.78 is 8.00. The molecule has 0 spiro atoms. The van der Waals surface area contributed by atoms with E-state index < -0.39 is 0 Å². The summed E-state index contributed by atoms with van der Waals surface area (Å²) in [6, 6.07) is 18.7. The third-order valence-electron chi connectivity index (χ3n) is 3.91. The molecule has 1 aromatic heterocycles. The fourth-order valence-electron chi connectivity index (χ4n) is 2.50. The average molecular weight is 306 g/mol. The molecule has 3 nitrogen and oxygen atoms in total. The van der Waals surface area contributed by atoms with Gasteiger partial charge in [-0.25, -0.2) is 4.98 Å². The standard InChI is InChI=1S/C20H22N2O/c1-16(2)18-8-10-19(11-9-18)23-15-20-21-12-13-22(20)14-17-6-4-3-5-7-17/h3-13,16H,14-15H2,1-2H3. The largest absolute Gasteiger partial charge is 0.486 e. The van der Waals surface area contributed by atoms with Gasteiger partial charge in [0.1, 0.15) is 18.2 Å². The molecule has 1 heterocycles.